The highest BCUT2D eigenvalue weighted by molar-refractivity contribution is 7.80. The smallest absolute Gasteiger partial charge is 0.0471 e. The maximum Gasteiger partial charge on any atom is 0.0471 e. The number of nitrogens with zero attached hydrogens (tertiary/aromatic N) is 1. The molecule has 1 aliphatic heterocycles. The molecular weight excluding hydrogens is 226 g/mol. The number of hydrogen-bond acceptors (Lipinski definition) is 2. The van der Waals surface area contributed by atoms with Crippen molar-refractivity contribution in [2.24, 2.45) is 0 Å². The van der Waals surface area contributed by atoms with Crippen LogP contribution >= 0.6 is 12.6 Å². The average Bonchev–Trinajstić information content (AvgIpc) is 2.67. The summed E-state index contributed by atoms with van der Waals surface area (Å²) in [5.41, 5.74) is 1.25. The lowest BCUT2D eigenvalue weighted by Crippen LogP contribution is -2.27. The highest BCUT2D eigenvalue weighted by Gasteiger charge is 2.18. The van der Waals surface area contributed by atoms with Crippen LogP contribution in [0, 0.1) is 0 Å². The fourth-order valence-electron chi connectivity index (χ4n) is 1.84. The van der Waals surface area contributed by atoms with Gasteiger partial charge in [-0.25, -0.2) is 0 Å². The summed E-state index contributed by atoms with van der Waals surface area (Å²) < 4.78 is 0. The first-order valence-corrected chi connectivity index (χ1v) is 6.33. The normalized spacial score (nSPS) is 17.9. The minimum Gasteiger partial charge on any atom is -0.350 e. The van der Waals surface area contributed by atoms with Gasteiger partial charge in [-0.05, 0) is 24.6 Å². The zero-order chi connectivity index (χ0) is 12.1. The van der Waals surface area contributed by atoms with E-state index in [9.17, 15) is 0 Å². The Morgan fingerprint density at radius 3 is 2.12 bits per heavy atom. The van der Waals surface area contributed by atoms with Crippen molar-refractivity contribution in [2.75, 3.05) is 0 Å². The van der Waals surface area contributed by atoms with Crippen molar-refractivity contribution in [3.8, 4) is 0 Å². The van der Waals surface area contributed by atoms with E-state index in [-0.39, 0.29) is 5.25 Å². The van der Waals surface area contributed by atoms with Gasteiger partial charge in [0, 0.05) is 23.7 Å². The van der Waals surface area contributed by atoms with Gasteiger partial charge < -0.3 is 4.90 Å². The first-order valence-electron chi connectivity index (χ1n) is 5.81. The third kappa shape index (κ3) is 3.04. The van der Waals surface area contributed by atoms with Gasteiger partial charge in [-0.2, -0.15) is 12.6 Å². The van der Waals surface area contributed by atoms with Crippen LogP contribution in [-0.4, -0.2) is 10.9 Å². The molecule has 0 fully saturated rings. The molecule has 0 aromatic heterocycles. The lowest BCUT2D eigenvalue weighted by Gasteiger charge is -2.28. The number of allylic oxidation sites excluding steroid dienone is 4. The van der Waals surface area contributed by atoms with E-state index >= 15 is 0 Å². The molecule has 0 spiro atoms. The molecule has 1 aromatic carbocycles. The minimum absolute atomic E-state index is 0.198. The third-order valence-corrected chi connectivity index (χ3v) is 3.65. The number of hydrogen-bond donors (Lipinski definition) is 1. The molecule has 0 amide bonds. The van der Waals surface area contributed by atoms with Crippen LogP contribution in [0.25, 0.3) is 0 Å². The van der Waals surface area contributed by atoms with Crippen molar-refractivity contribution < 1.29 is 0 Å². The van der Waals surface area contributed by atoms with Crippen LogP contribution in [0.4, 0.5) is 0 Å². The van der Waals surface area contributed by atoms with E-state index in [0.717, 1.165) is 0 Å². The molecular formula is C15H17NS. The van der Waals surface area contributed by atoms with Crippen LogP contribution < -0.4 is 0 Å². The van der Waals surface area contributed by atoms with Gasteiger partial charge in [-0.1, -0.05) is 42.5 Å². The second kappa shape index (κ2) is 5.78. The fourth-order valence-corrected chi connectivity index (χ4v) is 2.17. The zero-order valence-corrected chi connectivity index (χ0v) is 10.8. The first-order chi connectivity index (χ1) is 8.29. The van der Waals surface area contributed by atoms with Crippen LogP contribution in [0.5, 0.6) is 0 Å². The molecule has 88 valence electrons. The van der Waals surface area contributed by atoms with Crippen LogP contribution in [-0.2, 0) is 0 Å². The summed E-state index contributed by atoms with van der Waals surface area (Å²) in [6, 6.07) is 10.7. The van der Waals surface area contributed by atoms with Crippen LogP contribution in [0.2, 0.25) is 0 Å². The van der Waals surface area contributed by atoms with Crippen molar-refractivity contribution in [2.45, 2.75) is 18.2 Å². The van der Waals surface area contributed by atoms with E-state index < -0.39 is 0 Å². The zero-order valence-electron chi connectivity index (χ0n) is 9.90. The number of thiol groups is 1. The molecule has 2 heteroatoms. The SMILES string of the molecule is C[C@@H]([C@H](S)c1ccccc1)N1C=CC=CC=C1. The van der Waals surface area contributed by atoms with Gasteiger partial charge in [-0.15, -0.1) is 0 Å². The predicted molar refractivity (Wildman–Crippen MR) is 76.9 cm³/mol. The summed E-state index contributed by atoms with van der Waals surface area (Å²) in [5.74, 6) is 0. The van der Waals surface area contributed by atoms with Crippen molar-refractivity contribution in [3.63, 3.8) is 0 Å². The second-order valence-electron chi connectivity index (χ2n) is 4.11. The van der Waals surface area contributed by atoms with Crippen molar-refractivity contribution in [1.82, 2.24) is 4.90 Å². The van der Waals surface area contributed by atoms with Gasteiger partial charge in [0.2, 0.25) is 0 Å². The Balaban J connectivity index is 2.12. The van der Waals surface area contributed by atoms with Crippen molar-refractivity contribution in [3.05, 3.63) is 72.6 Å². The average molecular weight is 243 g/mol. The monoisotopic (exact) mass is 243 g/mol. The standard InChI is InChI=1S/C15H17NS/c1-13(16-11-7-2-3-8-12-16)15(17)14-9-5-4-6-10-14/h2-13,15,17H,1H3/t13-,15-/m0/s1. The van der Waals surface area contributed by atoms with Crippen molar-refractivity contribution >= 4 is 12.6 Å². The van der Waals surface area contributed by atoms with E-state index in [1.807, 2.05) is 30.4 Å². The summed E-state index contributed by atoms with van der Waals surface area (Å²) in [4.78, 5) is 2.19. The van der Waals surface area contributed by atoms with Gasteiger partial charge in [0.1, 0.15) is 0 Å². The Morgan fingerprint density at radius 2 is 1.53 bits per heavy atom. The molecule has 1 aromatic rings. The summed E-state index contributed by atoms with van der Waals surface area (Å²) in [6.45, 7) is 2.19. The highest BCUT2D eigenvalue weighted by Crippen LogP contribution is 2.27. The van der Waals surface area contributed by atoms with Gasteiger partial charge in [0.05, 0.1) is 0 Å². The highest BCUT2D eigenvalue weighted by atomic mass is 32.1. The Labute approximate surface area is 109 Å². The molecule has 2 atom stereocenters. The maximum atomic E-state index is 4.73. The Hall–Kier alpha value is -1.41. The molecule has 1 nitrogen and oxygen atoms in total. The molecule has 0 aliphatic carbocycles. The van der Waals surface area contributed by atoms with Crippen LogP contribution in [0.15, 0.2) is 67.0 Å². The Bertz CT molecular complexity index is 417. The summed E-state index contributed by atoms with van der Waals surface area (Å²) in [7, 11) is 0. The largest absolute Gasteiger partial charge is 0.350 e. The molecule has 17 heavy (non-hydrogen) atoms. The van der Waals surface area contributed by atoms with E-state index in [0.29, 0.717) is 6.04 Å². The first kappa shape index (κ1) is 12.1. The van der Waals surface area contributed by atoms with Crippen LogP contribution in [0.1, 0.15) is 17.7 Å². The second-order valence-corrected chi connectivity index (χ2v) is 4.67. The molecule has 0 saturated carbocycles. The van der Waals surface area contributed by atoms with Gasteiger partial charge in [0.15, 0.2) is 0 Å². The number of benzene rings is 1. The molecule has 1 heterocycles. The lowest BCUT2D eigenvalue weighted by atomic mass is 10.1. The van der Waals surface area contributed by atoms with Crippen molar-refractivity contribution in [1.29, 1.82) is 0 Å². The summed E-state index contributed by atoms with van der Waals surface area (Å²) in [5, 5.41) is 0.198. The lowest BCUT2D eigenvalue weighted by molar-refractivity contribution is 0.384. The molecule has 0 unspecified atom stereocenters. The van der Waals surface area contributed by atoms with E-state index in [2.05, 4.69) is 48.5 Å². The Kier molecular flexibility index (Phi) is 4.10. The topological polar surface area (TPSA) is 3.24 Å². The van der Waals surface area contributed by atoms with Gasteiger partial charge in [-0.3, -0.25) is 0 Å². The minimum atomic E-state index is 0.198. The molecule has 2 rings (SSSR count). The fraction of sp³-hybridized carbons (Fsp3) is 0.200. The van der Waals surface area contributed by atoms with Crippen LogP contribution in [0.3, 0.4) is 0 Å². The van der Waals surface area contributed by atoms with E-state index in [1.165, 1.54) is 5.56 Å². The van der Waals surface area contributed by atoms with Gasteiger partial charge >= 0.3 is 0 Å². The van der Waals surface area contributed by atoms with E-state index in [1.54, 1.807) is 0 Å². The maximum absolute atomic E-state index is 4.73. The number of rotatable bonds is 3. The van der Waals surface area contributed by atoms with Gasteiger partial charge in [0.25, 0.3) is 0 Å². The predicted octanol–water partition coefficient (Wildman–Crippen LogP) is 3.95. The molecule has 0 saturated heterocycles. The molecule has 0 N–H and O–H groups in total. The quantitative estimate of drug-likeness (QED) is 0.787. The van der Waals surface area contributed by atoms with E-state index in [4.69, 9.17) is 12.6 Å². The molecule has 0 radical (unpaired) electrons. The molecule has 0 bridgehead atoms. The summed E-state index contributed by atoms with van der Waals surface area (Å²) >= 11 is 4.73. The Morgan fingerprint density at radius 1 is 0.941 bits per heavy atom. The third-order valence-electron chi connectivity index (χ3n) is 2.92. The summed E-state index contributed by atoms with van der Waals surface area (Å²) in [6.07, 6.45) is 12.3. The molecule has 1 aliphatic rings.